The molecule has 1 aromatic carbocycles. The van der Waals surface area contributed by atoms with Crippen molar-refractivity contribution in [3.8, 4) is 0 Å². The summed E-state index contributed by atoms with van der Waals surface area (Å²) >= 11 is 0. The lowest BCUT2D eigenvalue weighted by atomic mass is 10.1. The number of hydrogen-bond acceptors (Lipinski definition) is 2. The smallest absolute Gasteiger partial charge is 0.187 e. The third-order valence-electron chi connectivity index (χ3n) is 2.17. The van der Waals surface area contributed by atoms with Crippen LogP contribution in [0, 0.1) is 5.82 Å². The van der Waals surface area contributed by atoms with Crippen molar-refractivity contribution < 1.29 is 9.18 Å². The standard InChI is InChI=1S/C12H14FNO/c1-9(14(2)3)8-12(15)10-4-6-11(13)7-5-10/h4-8H,1-3H3. The Bertz CT molecular complexity index is 379. The summed E-state index contributed by atoms with van der Waals surface area (Å²) < 4.78 is 12.6. The second-order valence-corrected chi connectivity index (χ2v) is 3.55. The topological polar surface area (TPSA) is 20.3 Å². The minimum absolute atomic E-state index is 0.110. The van der Waals surface area contributed by atoms with E-state index in [9.17, 15) is 9.18 Å². The first-order chi connectivity index (χ1) is 7.00. The van der Waals surface area contributed by atoms with Crippen LogP contribution >= 0.6 is 0 Å². The molecule has 0 radical (unpaired) electrons. The van der Waals surface area contributed by atoms with E-state index in [-0.39, 0.29) is 11.6 Å². The molecule has 0 aliphatic heterocycles. The molecule has 0 saturated heterocycles. The van der Waals surface area contributed by atoms with Gasteiger partial charge < -0.3 is 4.90 Å². The number of hydrogen-bond donors (Lipinski definition) is 0. The van der Waals surface area contributed by atoms with E-state index in [2.05, 4.69) is 0 Å². The monoisotopic (exact) mass is 207 g/mol. The van der Waals surface area contributed by atoms with Crippen molar-refractivity contribution in [3.05, 3.63) is 47.4 Å². The molecule has 0 spiro atoms. The molecular weight excluding hydrogens is 193 g/mol. The summed E-state index contributed by atoms with van der Waals surface area (Å²) in [6, 6.07) is 5.53. The van der Waals surface area contributed by atoms with Gasteiger partial charge in [0.2, 0.25) is 0 Å². The number of carbonyl (C=O) groups is 1. The van der Waals surface area contributed by atoms with E-state index >= 15 is 0 Å². The van der Waals surface area contributed by atoms with E-state index in [0.717, 1.165) is 5.70 Å². The van der Waals surface area contributed by atoms with Crippen LogP contribution in [0.25, 0.3) is 0 Å². The molecule has 0 heterocycles. The summed E-state index contributed by atoms with van der Waals surface area (Å²) in [7, 11) is 3.73. The maximum Gasteiger partial charge on any atom is 0.187 e. The van der Waals surface area contributed by atoms with Crippen LogP contribution in [0.1, 0.15) is 17.3 Å². The largest absolute Gasteiger partial charge is 0.381 e. The van der Waals surface area contributed by atoms with Gasteiger partial charge in [-0.25, -0.2) is 4.39 Å². The van der Waals surface area contributed by atoms with Gasteiger partial charge in [-0.3, -0.25) is 4.79 Å². The molecule has 80 valence electrons. The summed E-state index contributed by atoms with van der Waals surface area (Å²) in [6.45, 7) is 1.85. The Kier molecular flexibility index (Phi) is 3.61. The van der Waals surface area contributed by atoms with Crippen molar-refractivity contribution in [1.29, 1.82) is 0 Å². The van der Waals surface area contributed by atoms with Crippen molar-refractivity contribution in [2.75, 3.05) is 14.1 Å². The Balaban J connectivity index is 2.86. The lowest BCUT2D eigenvalue weighted by molar-refractivity contribution is 0.104. The summed E-state index contributed by atoms with van der Waals surface area (Å²) in [5.74, 6) is -0.443. The molecule has 0 fully saturated rings. The van der Waals surface area contributed by atoms with Crippen LogP contribution in [0.15, 0.2) is 36.0 Å². The molecule has 0 amide bonds. The fourth-order valence-corrected chi connectivity index (χ4v) is 1.02. The maximum absolute atomic E-state index is 12.6. The predicted molar refractivity (Wildman–Crippen MR) is 58.2 cm³/mol. The molecule has 0 bridgehead atoms. The number of ketones is 1. The van der Waals surface area contributed by atoms with Crippen LogP contribution < -0.4 is 0 Å². The van der Waals surface area contributed by atoms with Crippen LogP contribution in [-0.4, -0.2) is 24.8 Å². The molecule has 2 nitrogen and oxygen atoms in total. The van der Waals surface area contributed by atoms with Crippen molar-refractivity contribution >= 4 is 5.78 Å². The molecule has 0 aliphatic carbocycles. The first kappa shape index (κ1) is 11.4. The molecule has 0 saturated carbocycles. The minimum atomic E-state index is -0.333. The molecule has 3 heteroatoms. The Morgan fingerprint density at radius 3 is 2.27 bits per heavy atom. The van der Waals surface area contributed by atoms with Crippen molar-refractivity contribution in [3.63, 3.8) is 0 Å². The summed E-state index contributed by atoms with van der Waals surface area (Å²) in [5, 5.41) is 0. The van der Waals surface area contributed by atoms with Crippen molar-refractivity contribution in [1.82, 2.24) is 4.90 Å². The average molecular weight is 207 g/mol. The zero-order valence-electron chi connectivity index (χ0n) is 9.12. The van der Waals surface area contributed by atoms with Crippen LogP contribution in [0.3, 0.4) is 0 Å². The molecule has 0 atom stereocenters. The van der Waals surface area contributed by atoms with E-state index in [1.807, 2.05) is 25.9 Å². The summed E-state index contributed by atoms with van der Waals surface area (Å²) in [4.78, 5) is 13.5. The number of halogens is 1. The Morgan fingerprint density at radius 2 is 1.80 bits per heavy atom. The SMILES string of the molecule is CC(=CC(=O)c1ccc(F)cc1)N(C)C. The third-order valence-corrected chi connectivity index (χ3v) is 2.17. The van der Waals surface area contributed by atoms with Gasteiger partial charge in [0.05, 0.1) is 0 Å². The number of benzene rings is 1. The van der Waals surface area contributed by atoms with Gasteiger partial charge in [0.15, 0.2) is 5.78 Å². The molecule has 0 unspecified atom stereocenters. The van der Waals surface area contributed by atoms with Gasteiger partial charge >= 0.3 is 0 Å². The van der Waals surface area contributed by atoms with Gasteiger partial charge in [-0.2, -0.15) is 0 Å². The van der Waals surface area contributed by atoms with Crippen LogP contribution in [0.4, 0.5) is 4.39 Å². The number of rotatable bonds is 3. The second-order valence-electron chi connectivity index (χ2n) is 3.55. The highest BCUT2D eigenvalue weighted by atomic mass is 19.1. The van der Waals surface area contributed by atoms with Gasteiger partial charge in [-0.15, -0.1) is 0 Å². The van der Waals surface area contributed by atoms with E-state index in [4.69, 9.17) is 0 Å². The van der Waals surface area contributed by atoms with Gasteiger partial charge in [0, 0.05) is 31.4 Å². The van der Waals surface area contributed by atoms with Crippen molar-refractivity contribution in [2.24, 2.45) is 0 Å². The number of nitrogens with zero attached hydrogens (tertiary/aromatic N) is 1. The second kappa shape index (κ2) is 4.73. The Labute approximate surface area is 89.0 Å². The maximum atomic E-state index is 12.6. The third kappa shape index (κ3) is 3.20. The summed E-state index contributed by atoms with van der Waals surface area (Å²) in [5.41, 5.74) is 1.36. The average Bonchev–Trinajstić information content (AvgIpc) is 2.18. The fraction of sp³-hybridized carbons (Fsp3) is 0.250. The van der Waals surface area contributed by atoms with Crippen LogP contribution in [0.5, 0.6) is 0 Å². The van der Waals surface area contributed by atoms with Gasteiger partial charge in [0.1, 0.15) is 5.82 Å². The Morgan fingerprint density at radius 1 is 1.27 bits per heavy atom. The van der Waals surface area contributed by atoms with E-state index in [0.29, 0.717) is 5.56 Å². The quantitative estimate of drug-likeness (QED) is 0.560. The van der Waals surface area contributed by atoms with Crippen molar-refractivity contribution in [2.45, 2.75) is 6.92 Å². The predicted octanol–water partition coefficient (Wildman–Crippen LogP) is 2.47. The first-order valence-electron chi connectivity index (χ1n) is 4.66. The lowest BCUT2D eigenvalue weighted by Gasteiger charge is -2.11. The number of allylic oxidation sites excluding steroid dienone is 2. The highest BCUT2D eigenvalue weighted by Gasteiger charge is 2.03. The molecule has 0 aromatic heterocycles. The molecule has 1 rings (SSSR count). The molecule has 1 aromatic rings. The minimum Gasteiger partial charge on any atom is -0.381 e. The molecule has 0 aliphatic rings. The molecular formula is C12H14FNO. The number of carbonyl (C=O) groups excluding carboxylic acids is 1. The lowest BCUT2D eigenvalue weighted by Crippen LogP contribution is -2.10. The normalized spacial score (nSPS) is 11.3. The van der Waals surface area contributed by atoms with Gasteiger partial charge in [-0.1, -0.05) is 0 Å². The highest BCUT2D eigenvalue weighted by Crippen LogP contribution is 2.06. The van der Waals surface area contributed by atoms with E-state index in [1.165, 1.54) is 30.3 Å². The van der Waals surface area contributed by atoms with Gasteiger partial charge in [0.25, 0.3) is 0 Å². The van der Waals surface area contributed by atoms with Crippen LogP contribution in [0.2, 0.25) is 0 Å². The summed E-state index contributed by atoms with van der Waals surface area (Å²) in [6.07, 6.45) is 1.53. The molecule has 15 heavy (non-hydrogen) atoms. The zero-order chi connectivity index (χ0) is 11.4. The van der Waals surface area contributed by atoms with E-state index in [1.54, 1.807) is 0 Å². The first-order valence-corrected chi connectivity index (χ1v) is 4.66. The van der Waals surface area contributed by atoms with Gasteiger partial charge in [-0.05, 0) is 31.2 Å². The Hall–Kier alpha value is -1.64. The highest BCUT2D eigenvalue weighted by molar-refractivity contribution is 6.04. The van der Waals surface area contributed by atoms with E-state index < -0.39 is 0 Å². The van der Waals surface area contributed by atoms with Crippen LogP contribution in [-0.2, 0) is 0 Å². The zero-order valence-corrected chi connectivity index (χ0v) is 9.12. The fourth-order valence-electron chi connectivity index (χ4n) is 1.02. The molecule has 0 N–H and O–H groups in total.